The first kappa shape index (κ1) is 30.7. The van der Waals surface area contributed by atoms with Crippen LogP contribution in [0, 0.1) is 30.6 Å². The van der Waals surface area contributed by atoms with Crippen molar-refractivity contribution in [1.29, 1.82) is 0 Å². The number of benzene rings is 2. The normalized spacial score (nSPS) is 19.8. The van der Waals surface area contributed by atoms with Gasteiger partial charge in [-0.05, 0) is 97.6 Å². The van der Waals surface area contributed by atoms with E-state index in [0.29, 0.717) is 11.7 Å². The van der Waals surface area contributed by atoms with Crippen molar-refractivity contribution in [1.82, 2.24) is 0 Å². The Morgan fingerprint density at radius 1 is 1.08 bits per heavy atom. The first-order valence-corrected chi connectivity index (χ1v) is 14.8. The molecule has 1 aliphatic rings. The molecule has 1 aliphatic carbocycles. The van der Waals surface area contributed by atoms with Gasteiger partial charge >= 0.3 is 5.97 Å². The van der Waals surface area contributed by atoms with Crippen molar-refractivity contribution in [3.63, 3.8) is 0 Å². The lowest BCUT2D eigenvalue weighted by Crippen LogP contribution is -2.27. The minimum absolute atomic E-state index is 0.151. The summed E-state index contributed by atoms with van der Waals surface area (Å²) < 4.78 is 10.5. The smallest absolute Gasteiger partial charge is 0.310 e. The molecule has 3 atom stereocenters. The highest BCUT2D eigenvalue weighted by molar-refractivity contribution is 5.97. The third kappa shape index (κ3) is 8.84. The van der Waals surface area contributed by atoms with Gasteiger partial charge in [-0.1, -0.05) is 53.2 Å². The molecule has 0 aromatic heterocycles. The van der Waals surface area contributed by atoms with Crippen LogP contribution >= 0.6 is 0 Å². The van der Waals surface area contributed by atoms with E-state index in [1.54, 1.807) is 7.11 Å². The number of ether oxygens (including phenoxy) is 2. The monoisotopic (exact) mass is 534 g/mol. The second-order valence-electron chi connectivity index (χ2n) is 12.1. The number of nitrogens with one attached hydrogen (secondary N) is 1. The SMILES string of the molecule is COC(=O)Cc1cc(N=C(CCC[C@@H]2C[C@H](C)CC[C@H]2C(C)C)Nc2ccc(C(C)C)cc2)c(C)cc1OC. The third-order valence-corrected chi connectivity index (χ3v) is 8.43. The maximum Gasteiger partial charge on any atom is 0.310 e. The lowest BCUT2D eigenvalue weighted by molar-refractivity contribution is -0.139. The fourth-order valence-corrected chi connectivity index (χ4v) is 6.06. The maximum absolute atomic E-state index is 12.0. The lowest BCUT2D eigenvalue weighted by Gasteiger charge is -2.37. The summed E-state index contributed by atoms with van der Waals surface area (Å²) in [5.41, 5.74) is 5.01. The van der Waals surface area contributed by atoms with Crippen molar-refractivity contribution in [3.05, 3.63) is 53.1 Å². The van der Waals surface area contributed by atoms with Crippen molar-refractivity contribution >= 4 is 23.2 Å². The molecule has 1 N–H and O–H groups in total. The summed E-state index contributed by atoms with van der Waals surface area (Å²) in [5, 5.41) is 3.63. The van der Waals surface area contributed by atoms with Crippen LogP contribution < -0.4 is 10.1 Å². The van der Waals surface area contributed by atoms with Gasteiger partial charge in [0.2, 0.25) is 0 Å². The first-order chi connectivity index (χ1) is 18.6. The van der Waals surface area contributed by atoms with Gasteiger partial charge in [0, 0.05) is 17.7 Å². The molecule has 0 saturated heterocycles. The zero-order valence-corrected chi connectivity index (χ0v) is 25.5. The van der Waals surface area contributed by atoms with Crippen LogP contribution in [0.3, 0.4) is 0 Å². The largest absolute Gasteiger partial charge is 0.496 e. The zero-order valence-electron chi connectivity index (χ0n) is 25.5. The molecule has 2 aromatic carbocycles. The summed E-state index contributed by atoms with van der Waals surface area (Å²) in [6.45, 7) is 13.7. The highest BCUT2D eigenvalue weighted by Crippen LogP contribution is 2.40. The predicted molar refractivity (Wildman–Crippen MR) is 163 cm³/mol. The van der Waals surface area contributed by atoms with Crippen LogP contribution in [-0.2, 0) is 16.0 Å². The van der Waals surface area contributed by atoms with E-state index in [1.165, 1.54) is 38.4 Å². The number of amidine groups is 1. The Hall–Kier alpha value is -2.82. The van der Waals surface area contributed by atoms with E-state index in [-0.39, 0.29) is 12.4 Å². The Labute approximate surface area is 236 Å². The standard InChI is InChI=1S/C34H50N2O3/c1-22(2)26-13-15-29(16-14-26)35-33(11-9-10-27-18-24(5)12-17-30(27)23(3)4)36-31-20-28(21-34(37)39-8)32(38-7)19-25(31)6/h13-16,19-20,22-24,27,30H,9-12,17-18,21H2,1-8H3,(H,35,36)/t24-,27-,30+/m1/s1. The van der Waals surface area contributed by atoms with E-state index < -0.39 is 0 Å². The molecular weight excluding hydrogens is 484 g/mol. The van der Waals surface area contributed by atoms with E-state index in [1.807, 2.05) is 19.1 Å². The number of methoxy groups -OCH3 is 2. The molecule has 3 rings (SSSR count). The average Bonchev–Trinajstić information content (AvgIpc) is 2.90. The molecule has 2 aromatic rings. The van der Waals surface area contributed by atoms with Crippen LogP contribution in [0.1, 0.15) is 95.8 Å². The summed E-state index contributed by atoms with van der Waals surface area (Å²) in [4.78, 5) is 17.2. The lowest BCUT2D eigenvalue weighted by atomic mass is 9.68. The molecule has 0 heterocycles. The van der Waals surface area contributed by atoms with Crippen molar-refractivity contribution in [2.75, 3.05) is 19.5 Å². The minimum atomic E-state index is -0.294. The van der Waals surface area contributed by atoms with Crippen LogP contribution in [0.2, 0.25) is 0 Å². The quantitative estimate of drug-likeness (QED) is 0.178. The number of carbonyl (C=O) groups excluding carboxylic acids is 1. The summed E-state index contributed by atoms with van der Waals surface area (Å²) in [5.74, 6) is 5.01. The van der Waals surface area contributed by atoms with Crippen molar-refractivity contribution < 1.29 is 14.3 Å². The molecule has 214 valence electrons. The number of aryl methyl sites for hydroxylation is 1. The van der Waals surface area contributed by atoms with Gasteiger partial charge in [-0.25, -0.2) is 4.99 Å². The van der Waals surface area contributed by atoms with Gasteiger partial charge in [0.1, 0.15) is 11.6 Å². The van der Waals surface area contributed by atoms with Gasteiger partial charge in [0.15, 0.2) is 0 Å². The molecule has 0 amide bonds. The molecule has 0 spiro atoms. The summed E-state index contributed by atoms with van der Waals surface area (Å²) in [6, 6.07) is 12.6. The molecule has 0 bridgehead atoms. The number of rotatable bonds is 11. The number of anilines is 1. The Balaban J connectivity index is 1.87. The molecule has 0 radical (unpaired) electrons. The fourth-order valence-electron chi connectivity index (χ4n) is 6.06. The zero-order chi connectivity index (χ0) is 28.5. The Bertz CT molecular complexity index is 1100. The fraction of sp³-hybridized carbons (Fsp3) is 0.588. The van der Waals surface area contributed by atoms with E-state index >= 15 is 0 Å². The number of nitrogens with zero attached hydrogens (tertiary/aromatic N) is 1. The summed E-state index contributed by atoms with van der Waals surface area (Å²) in [7, 11) is 3.04. The van der Waals surface area contributed by atoms with Gasteiger partial charge in [-0.2, -0.15) is 0 Å². The molecule has 5 heteroatoms. The minimum Gasteiger partial charge on any atom is -0.496 e. The second kappa shape index (κ2) is 14.5. The predicted octanol–water partition coefficient (Wildman–Crippen LogP) is 8.86. The van der Waals surface area contributed by atoms with E-state index in [2.05, 4.69) is 64.2 Å². The van der Waals surface area contributed by atoms with Gasteiger partial charge in [-0.15, -0.1) is 0 Å². The van der Waals surface area contributed by atoms with Gasteiger partial charge in [0.25, 0.3) is 0 Å². The number of carbonyl (C=O) groups is 1. The number of esters is 1. The Morgan fingerprint density at radius 3 is 2.41 bits per heavy atom. The molecule has 1 saturated carbocycles. The second-order valence-corrected chi connectivity index (χ2v) is 12.1. The molecule has 0 unspecified atom stereocenters. The molecule has 39 heavy (non-hydrogen) atoms. The Kier molecular flexibility index (Phi) is 11.4. The number of hydrogen-bond acceptors (Lipinski definition) is 4. The van der Waals surface area contributed by atoms with E-state index in [4.69, 9.17) is 14.5 Å². The van der Waals surface area contributed by atoms with Crippen LogP contribution in [0.4, 0.5) is 11.4 Å². The van der Waals surface area contributed by atoms with Crippen molar-refractivity contribution in [2.24, 2.45) is 28.7 Å². The van der Waals surface area contributed by atoms with Gasteiger partial charge in [-0.3, -0.25) is 4.79 Å². The molecule has 1 fully saturated rings. The van der Waals surface area contributed by atoms with Crippen LogP contribution in [-0.4, -0.2) is 26.0 Å². The Morgan fingerprint density at radius 2 is 1.79 bits per heavy atom. The highest BCUT2D eigenvalue weighted by atomic mass is 16.5. The maximum atomic E-state index is 12.0. The van der Waals surface area contributed by atoms with Crippen LogP contribution in [0.15, 0.2) is 41.4 Å². The van der Waals surface area contributed by atoms with Crippen molar-refractivity contribution in [3.8, 4) is 5.75 Å². The number of aliphatic imine (C=N–C) groups is 1. The molecule has 0 aliphatic heterocycles. The van der Waals surface area contributed by atoms with Crippen LogP contribution in [0.25, 0.3) is 0 Å². The molecular formula is C34H50N2O3. The van der Waals surface area contributed by atoms with Gasteiger partial charge < -0.3 is 14.8 Å². The topological polar surface area (TPSA) is 59.9 Å². The average molecular weight is 535 g/mol. The number of hydrogen-bond donors (Lipinski definition) is 1. The van der Waals surface area contributed by atoms with E-state index in [0.717, 1.165) is 64.9 Å². The molecule has 5 nitrogen and oxygen atoms in total. The summed E-state index contributed by atoms with van der Waals surface area (Å²) in [6.07, 6.45) is 7.42. The first-order valence-electron chi connectivity index (χ1n) is 14.8. The highest BCUT2D eigenvalue weighted by Gasteiger charge is 2.30. The van der Waals surface area contributed by atoms with Crippen molar-refractivity contribution in [2.45, 2.75) is 92.4 Å². The summed E-state index contributed by atoms with van der Waals surface area (Å²) >= 11 is 0. The van der Waals surface area contributed by atoms with Gasteiger partial charge in [0.05, 0.1) is 26.3 Å². The van der Waals surface area contributed by atoms with Crippen LogP contribution in [0.5, 0.6) is 5.75 Å². The van der Waals surface area contributed by atoms with E-state index in [9.17, 15) is 4.79 Å². The third-order valence-electron chi connectivity index (χ3n) is 8.43.